The Morgan fingerprint density at radius 1 is 0.760 bits per heavy atom. The van der Waals surface area contributed by atoms with Gasteiger partial charge in [-0.25, -0.2) is 4.79 Å². The van der Waals surface area contributed by atoms with Crippen LogP contribution in [0.15, 0.2) is 82.6 Å². The van der Waals surface area contributed by atoms with Gasteiger partial charge in [-0.3, -0.25) is 0 Å². The van der Waals surface area contributed by atoms with Gasteiger partial charge in [0.1, 0.15) is 0 Å². The number of carboxylic acid groups (broad SMARTS) is 1. The van der Waals surface area contributed by atoms with Crippen molar-refractivity contribution in [3.05, 3.63) is 83.4 Å². The quantitative estimate of drug-likeness (QED) is 0.422. The fourth-order valence-electron chi connectivity index (χ4n) is 3.05. The molecule has 1 N–H and O–H groups in total. The van der Waals surface area contributed by atoms with Crippen LogP contribution in [-0.2, 0) is 0 Å². The Bertz CT molecular complexity index is 1050. The summed E-state index contributed by atoms with van der Waals surface area (Å²) in [6.07, 6.45) is 0. The molecule has 0 bridgehead atoms. The summed E-state index contributed by atoms with van der Waals surface area (Å²) >= 11 is 7.61. The van der Waals surface area contributed by atoms with Gasteiger partial charge in [0, 0.05) is 14.8 Å². The van der Waals surface area contributed by atoms with Crippen molar-refractivity contribution in [3.63, 3.8) is 0 Å². The zero-order valence-electron chi connectivity index (χ0n) is 13.1. The van der Waals surface area contributed by atoms with E-state index in [2.05, 4.69) is 0 Å². The monoisotopic (exact) mass is 364 g/mol. The Labute approximate surface area is 154 Å². The maximum Gasteiger partial charge on any atom is 0.336 e. The number of fused-ring (bicyclic) bond motifs is 2. The molecule has 0 aliphatic carbocycles. The van der Waals surface area contributed by atoms with E-state index in [1.165, 1.54) is 0 Å². The molecule has 4 heteroatoms. The lowest BCUT2D eigenvalue weighted by Crippen LogP contribution is -2.00. The van der Waals surface area contributed by atoms with E-state index in [-0.39, 0.29) is 0 Å². The summed E-state index contributed by atoms with van der Waals surface area (Å²) in [7, 11) is 0. The van der Waals surface area contributed by atoms with Gasteiger partial charge in [0.05, 0.1) is 5.56 Å². The number of carbonyl (C=O) groups is 1. The third-order valence-electron chi connectivity index (χ3n) is 4.13. The molecule has 4 rings (SSSR count). The van der Waals surface area contributed by atoms with Crippen LogP contribution in [0.2, 0.25) is 5.02 Å². The van der Waals surface area contributed by atoms with Crippen LogP contribution in [0.1, 0.15) is 10.4 Å². The van der Waals surface area contributed by atoms with E-state index in [4.69, 9.17) is 11.6 Å². The molecule has 0 fully saturated rings. The normalized spacial score (nSPS) is 11.1. The molecule has 0 saturated heterocycles. The molecule has 0 aliphatic rings. The molecule has 25 heavy (non-hydrogen) atoms. The van der Waals surface area contributed by atoms with Crippen LogP contribution in [0.25, 0.3) is 21.5 Å². The third-order valence-corrected chi connectivity index (χ3v) is 5.53. The fourth-order valence-corrected chi connectivity index (χ4v) is 4.26. The molecule has 4 aromatic rings. The standard InChI is InChI=1S/C21H13ClO2S/c22-13-9-11-14(12-10-13)25-20-17-7-3-1-5-15(17)19(21(23)24)16-6-2-4-8-18(16)20/h1-12H,(H,23,24). The lowest BCUT2D eigenvalue weighted by molar-refractivity contribution is 0.0701. The van der Waals surface area contributed by atoms with Crippen molar-refractivity contribution >= 4 is 50.9 Å². The van der Waals surface area contributed by atoms with Crippen LogP contribution in [0, 0.1) is 0 Å². The average Bonchev–Trinajstić information content (AvgIpc) is 2.63. The van der Waals surface area contributed by atoms with Crippen molar-refractivity contribution in [2.24, 2.45) is 0 Å². The molecule has 0 aromatic heterocycles. The number of hydrogen-bond donors (Lipinski definition) is 1. The molecule has 0 atom stereocenters. The number of benzene rings is 4. The fraction of sp³-hybridized carbons (Fsp3) is 0. The highest BCUT2D eigenvalue weighted by atomic mass is 35.5. The SMILES string of the molecule is O=C(O)c1c2ccccc2c(Sc2ccc(Cl)cc2)c2ccccc12. The first-order chi connectivity index (χ1) is 12.1. The van der Waals surface area contributed by atoms with Crippen LogP contribution < -0.4 is 0 Å². The molecule has 0 unspecified atom stereocenters. The Balaban J connectivity index is 2.06. The average molecular weight is 365 g/mol. The first-order valence-electron chi connectivity index (χ1n) is 7.75. The molecule has 122 valence electrons. The van der Waals surface area contributed by atoms with Crippen molar-refractivity contribution in [2.45, 2.75) is 9.79 Å². The van der Waals surface area contributed by atoms with Crippen LogP contribution in [0.5, 0.6) is 0 Å². The van der Waals surface area contributed by atoms with Gasteiger partial charge in [-0.1, -0.05) is 71.9 Å². The molecule has 0 heterocycles. The zero-order valence-corrected chi connectivity index (χ0v) is 14.6. The van der Waals surface area contributed by atoms with Crippen molar-refractivity contribution in [3.8, 4) is 0 Å². The second-order valence-corrected chi connectivity index (χ2v) is 7.18. The minimum absolute atomic E-state index is 0.353. The van der Waals surface area contributed by atoms with E-state index >= 15 is 0 Å². The molecule has 0 radical (unpaired) electrons. The van der Waals surface area contributed by atoms with Crippen LogP contribution in [-0.4, -0.2) is 11.1 Å². The van der Waals surface area contributed by atoms with Crippen molar-refractivity contribution in [1.82, 2.24) is 0 Å². The van der Waals surface area contributed by atoms with Gasteiger partial charge in [-0.05, 0) is 45.8 Å². The van der Waals surface area contributed by atoms with Crippen LogP contribution in [0.4, 0.5) is 0 Å². The van der Waals surface area contributed by atoms with Crippen molar-refractivity contribution < 1.29 is 9.90 Å². The van der Waals surface area contributed by atoms with Gasteiger partial charge in [-0.2, -0.15) is 0 Å². The van der Waals surface area contributed by atoms with Gasteiger partial charge < -0.3 is 5.11 Å². The van der Waals surface area contributed by atoms with Crippen molar-refractivity contribution in [1.29, 1.82) is 0 Å². The second-order valence-electron chi connectivity index (χ2n) is 5.66. The van der Waals surface area contributed by atoms with Gasteiger partial charge in [0.15, 0.2) is 0 Å². The largest absolute Gasteiger partial charge is 0.478 e. The topological polar surface area (TPSA) is 37.3 Å². The predicted octanol–water partition coefficient (Wildman–Crippen LogP) is 6.50. The molecule has 4 aromatic carbocycles. The van der Waals surface area contributed by atoms with Gasteiger partial charge in [-0.15, -0.1) is 0 Å². The zero-order chi connectivity index (χ0) is 17.4. The molecule has 0 spiro atoms. The summed E-state index contributed by atoms with van der Waals surface area (Å²) in [6, 6.07) is 23.0. The van der Waals surface area contributed by atoms with Gasteiger partial charge in [0.25, 0.3) is 0 Å². The van der Waals surface area contributed by atoms with E-state index in [1.54, 1.807) is 11.8 Å². The Morgan fingerprint density at radius 3 is 1.72 bits per heavy atom. The smallest absolute Gasteiger partial charge is 0.336 e. The molecule has 0 aliphatic heterocycles. The molecule has 0 amide bonds. The Kier molecular flexibility index (Phi) is 4.12. The van der Waals surface area contributed by atoms with Gasteiger partial charge >= 0.3 is 5.97 Å². The lowest BCUT2D eigenvalue weighted by Gasteiger charge is -2.14. The number of halogens is 1. The summed E-state index contributed by atoms with van der Waals surface area (Å²) in [5, 5.41) is 13.9. The summed E-state index contributed by atoms with van der Waals surface area (Å²) in [5.41, 5.74) is 0.353. The summed E-state index contributed by atoms with van der Waals surface area (Å²) < 4.78 is 0. The highest BCUT2D eigenvalue weighted by molar-refractivity contribution is 7.99. The summed E-state index contributed by atoms with van der Waals surface area (Å²) in [6.45, 7) is 0. The minimum Gasteiger partial charge on any atom is -0.478 e. The number of hydrogen-bond acceptors (Lipinski definition) is 2. The first kappa shape index (κ1) is 16.0. The van der Waals surface area contributed by atoms with E-state index in [9.17, 15) is 9.90 Å². The van der Waals surface area contributed by atoms with E-state index in [0.717, 1.165) is 31.3 Å². The predicted molar refractivity (Wildman–Crippen MR) is 104 cm³/mol. The lowest BCUT2D eigenvalue weighted by atomic mass is 9.97. The highest BCUT2D eigenvalue weighted by Gasteiger charge is 2.18. The molecular formula is C21H13ClO2S. The van der Waals surface area contributed by atoms with Crippen LogP contribution in [0.3, 0.4) is 0 Å². The van der Waals surface area contributed by atoms with E-state index < -0.39 is 5.97 Å². The second kappa shape index (κ2) is 6.43. The highest BCUT2D eigenvalue weighted by Crippen LogP contribution is 2.41. The van der Waals surface area contributed by atoms with Crippen LogP contribution >= 0.6 is 23.4 Å². The van der Waals surface area contributed by atoms with E-state index in [1.807, 2.05) is 72.8 Å². The molecule has 0 saturated carbocycles. The summed E-state index contributed by atoms with van der Waals surface area (Å²) in [5.74, 6) is -0.907. The minimum atomic E-state index is -0.907. The number of aromatic carboxylic acids is 1. The molecule has 2 nitrogen and oxygen atoms in total. The summed E-state index contributed by atoms with van der Waals surface area (Å²) in [4.78, 5) is 14.0. The third kappa shape index (κ3) is 2.86. The van der Waals surface area contributed by atoms with Crippen molar-refractivity contribution in [2.75, 3.05) is 0 Å². The first-order valence-corrected chi connectivity index (χ1v) is 8.95. The Hall–Kier alpha value is -2.49. The maximum absolute atomic E-state index is 11.9. The number of carboxylic acids is 1. The Morgan fingerprint density at radius 2 is 1.24 bits per heavy atom. The number of rotatable bonds is 3. The van der Waals surface area contributed by atoms with E-state index in [0.29, 0.717) is 10.6 Å². The maximum atomic E-state index is 11.9. The van der Waals surface area contributed by atoms with Gasteiger partial charge in [0.2, 0.25) is 0 Å². The molecular weight excluding hydrogens is 352 g/mol.